The molecule has 1 aliphatic carbocycles. The number of aliphatic hydroxyl groups excluding tert-OH is 1. The van der Waals surface area contributed by atoms with Gasteiger partial charge in [-0.3, -0.25) is 4.79 Å². The van der Waals surface area contributed by atoms with Crippen molar-refractivity contribution in [3.63, 3.8) is 0 Å². The highest BCUT2D eigenvalue weighted by molar-refractivity contribution is 5.67. The van der Waals surface area contributed by atoms with Crippen molar-refractivity contribution < 1.29 is 15.0 Å². The number of hydrogen-bond acceptors (Lipinski definition) is 2. The second-order valence-corrected chi connectivity index (χ2v) is 3.33. The highest BCUT2D eigenvalue weighted by atomic mass is 16.4. The standard InChI is InChI=1S/C8H14O3.C2H6/c9-5-7-2-1-6(3-7)4-8(10)11;1-2/h6-7,9H,1-5H2,(H,10,11);1-2H3. The summed E-state index contributed by atoms with van der Waals surface area (Å²) >= 11 is 0. The number of carbonyl (C=O) groups is 1. The van der Waals surface area contributed by atoms with Crippen molar-refractivity contribution in [1.82, 2.24) is 0 Å². The van der Waals surface area contributed by atoms with Crippen LogP contribution >= 0.6 is 0 Å². The minimum absolute atomic E-state index is 0.218. The highest BCUT2D eigenvalue weighted by Crippen LogP contribution is 2.32. The first kappa shape index (κ1) is 12.4. The third-order valence-corrected chi connectivity index (χ3v) is 2.37. The molecule has 1 saturated carbocycles. The van der Waals surface area contributed by atoms with Crippen LogP contribution in [0, 0.1) is 11.8 Å². The number of carboxylic acids is 1. The van der Waals surface area contributed by atoms with Gasteiger partial charge in [0.2, 0.25) is 0 Å². The molecule has 2 N–H and O–H groups in total. The normalized spacial score (nSPS) is 26.4. The van der Waals surface area contributed by atoms with Crippen LogP contribution in [0.1, 0.15) is 39.5 Å². The first-order valence-electron chi connectivity index (χ1n) is 5.05. The Hall–Kier alpha value is -0.570. The van der Waals surface area contributed by atoms with E-state index in [2.05, 4.69) is 0 Å². The Morgan fingerprint density at radius 3 is 2.23 bits per heavy atom. The first-order chi connectivity index (χ1) is 6.22. The van der Waals surface area contributed by atoms with E-state index in [1.807, 2.05) is 13.8 Å². The summed E-state index contributed by atoms with van der Waals surface area (Å²) < 4.78 is 0. The molecule has 0 saturated heterocycles. The minimum Gasteiger partial charge on any atom is -0.481 e. The van der Waals surface area contributed by atoms with Crippen LogP contribution in [0.25, 0.3) is 0 Å². The maximum atomic E-state index is 10.3. The highest BCUT2D eigenvalue weighted by Gasteiger charge is 2.25. The molecule has 0 amide bonds. The Morgan fingerprint density at radius 1 is 1.31 bits per heavy atom. The van der Waals surface area contributed by atoms with Crippen LogP contribution in [-0.4, -0.2) is 22.8 Å². The van der Waals surface area contributed by atoms with Crippen LogP contribution in [0.2, 0.25) is 0 Å². The molecule has 1 aliphatic rings. The van der Waals surface area contributed by atoms with Crippen LogP contribution < -0.4 is 0 Å². The fourth-order valence-electron chi connectivity index (χ4n) is 1.78. The predicted molar refractivity (Wildman–Crippen MR) is 51.5 cm³/mol. The zero-order valence-electron chi connectivity index (χ0n) is 8.49. The summed E-state index contributed by atoms with van der Waals surface area (Å²) in [6, 6.07) is 0. The second-order valence-electron chi connectivity index (χ2n) is 3.33. The Balaban J connectivity index is 0.000000671. The second kappa shape index (κ2) is 6.89. The zero-order chi connectivity index (χ0) is 10.3. The van der Waals surface area contributed by atoms with E-state index in [4.69, 9.17) is 10.2 Å². The monoisotopic (exact) mass is 188 g/mol. The molecule has 0 aliphatic heterocycles. The average Bonchev–Trinajstić information content (AvgIpc) is 2.55. The molecule has 0 heterocycles. The van der Waals surface area contributed by atoms with Crippen LogP contribution in [0.15, 0.2) is 0 Å². The number of carboxylic acid groups (broad SMARTS) is 1. The Morgan fingerprint density at radius 2 is 1.85 bits per heavy atom. The number of rotatable bonds is 3. The van der Waals surface area contributed by atoms with Gasteiger partial charge in [-0.05, 0) is 31.1 Å². The summed E-state index contributed by atoms with van der Waals surface area (Å²) in [5.74, 6) is -0.0439. The van der Waals surface area contributed by atoms with E-state index in [0.29, 0.717) is 11.8 Å². The molecule has 1 rings (SSSR count). The summed E-state index contributed by atoms with van der Waals surface area (Å²) in [4.78, 5) is 10.3. The lowest BCUT2D eigenvalue weighted by Gasteiger charge is -2.05. The van der Waals surface area contributed by atoms with Gasteiger partial charge in [0.05, 0.1) is 0 Å². The SMILES string of the molecule is CC.O=C(O)CC1CCC(CO)C1. The van der Waals surface area contributed by atoms with Gasteiger partial charge < -0.3 is 10.2 Å². The average molecular weight is 188 g/mol. The van der Waals surface area contributed by atoms with Gasteiger partial charge in [0, 0.05) is 13.0 Å². The Labute approximate surface area is 79.8 Å². The maximum Gasteiger partial charge on any atom is 0.303 e. The third kappa shape index (κ3) is 4.88. The minimum atomic E-state index is -0.714. The van der Waals surface area contributed by atoms with E-state index >= 15 is 0 Å². The molecule has 78 valence electrons. The summed E-state index contributed by atoms with van der Waals surface area (Å²) in [6.45, 7) is 4.22. The smallest absolute Gasteiger partial charge is 0.303 e. The Kier molecular flexibility index (Phi) is 6.59. The molecule has 0 spiro atoms. The van der Waals surface area contributed by atoms with Gasteiger partial charge in [0.15, 0.2) is 0 Å². The molecular formula is C10H20O3. The molecule has 1 fully saturated rings. The molecule has 13 heavy (non-hydrogen) atoms. The summed E-state index contributed by atoms with van der Waals surface area (Å²) in [6.07, 6.45) is 3.13. The molecule has 0 radical (unpaired) electrons. The molecule has 3 heteroatoms. The largest absolute Gasteiger partial charge is 0.481 e. The summed E-state index contributed by atoms with van der Waals surface area (Å²) in [7, 11) is 0. The van der Waals surface area contributed by atoms with Crippen LogP contribution in [-0.2, 0) is 4.79 Å². The van der Waals surface area contributed by atoms with E-state index in [1.165, 1.54) is 0 Å². The van der Waals surface area contributed by atoms with Gasteiger partial charge >= 0.3 is 5.97 Å². The van der Waals surface area contributed by atoms with E-state index < -0.39 is 5.97 Å². The van der Waals surface area contributed by atoms with E-state index in [-0.39, 0.29) is 13.0 Å². The lowest BCUT2D eigenvalue weighted by molar-refractivity contribution is -0.138. The van der Waals surface area contributed by atoms with Crippen LogP contribution in [0.4, 0.5) is 0 Å². The van der Waals surface area contributed by atoms with Crippen LogP contribution in [0.5, 0.6) is 0 Å². The van der Waals surface area contributed by atoms with E-state index in [1.54, 1.807) is 0 Å². The molecular weight excluding hydrogens is 168 g/mol. The Bertz CT molecular complexity index is 145. The predicted octanol–water partition coefficient (Wildman–Crippen LogP) is 1.90. The summed E-state index contributed by atoms with van der Waals surface area (Å²) in [5, 5.41) is 17.2. The van der Waals surface area contributed by atoms with Crippen molar-refractivity contribution in [1.29, 1.82) is 0 Å². The molecule has 0 aromatic rings. The van der Waals surface area contributed by atoms with Gasteiger partial charge in [-0.25, -0.2) is 0 Å². The van der Waals surface area contributed by atoms with Crippen LogP contribution in [0.3, 0.4) is 0 Å². The lowest BCUT2D eigenvalue weighted by atomic mass is 10.0. The maximum absolute atomic E-state index is 10.3. The molecule has 0 bridgehead atoms. The van der Waals surface area contributed by atoms with Gasteiger partial charge in [0.1, 0.15) is 0 Å². The summed E-state index contributed by atoms with van der Waals surface area (Å²) in [5.41, 5.74) is 0. The van der Waals surface area contributed by atoms with Crippen molar-refractivity contribution >= 4 is 5.97 Å². The lowest BCUT2D eigenvalue weighted by Crippen LogP contribution is -2.05. The fraction of sp³-hybridized carbons (Fsp3) is 0.900. The molecule has 2 atom stereocenters. The molecule has 0 aromatic carbocycles. The van der Waals surface area contributed by atoms with Crippen molar-refractivity contribution in [3.05, 3.63) is 0 Å². The molecule has 0 aromatic heterocycles. The zero-order valence-corrected chi connectivity index (χ0v) is 8.49. The van der Waals surface area contributed by atoms with Crippen molar-refractivity contribution in [3.8, 4) is 0 Å². The number of aliphatic hydroxyl groups is 1. The van der Waals surface area contributed by atoms with Gasteiger partial charge in [0.25, 0.3) is 0 Å². The van der Waals surface area contributed by atoms with Gasteiger partial charge in [-0.1, -0.05) is 13.8 Å². The third-order valence-electron chi connectivity index (χ3n) is 2.37. The van der Waals surface area contributed by atoms with Gasteiger partial charge in [-0.2, -0.15) is 0 Å². The molecule has 3 nitrogen and oxygen atoms in total. The number of hydrogen-bond donors (Lipinski definition) is 2. The van der Waals surface area contributed by atoms with E-state index in [9.17, 15) is 4.79 Å². The van der Waals surface area contributed by atoms with Gasteiger partial charge in [-0.15, -0.1) is 0 Å². The van der Waals surface area contributed by atoms with Crippen molar-refractivity contribution in [2.75, 3.05) is 6.61 Å². The first-order valence-corrected chi connectivity index (χ1v) is 5.05. The number of aliphatic carboxylic acids is 1. The topological polar surface area (TPSA) is 57.5 Å². The molecule has 2 unspecified atom stereocenters. The fourth-order valence-corrected chi connectivity index (χ4v) is 1.78. The quantitative estimate of drug-likeness (QED) is 0.711. The van der Waals surface area contributed by atoms with Crippen molar-refractivity contribution in [2.24, 2.45) is 11.8 Å². The van der Waals surface area contributed by atoms with Crippen molar-refractivity contribution in [2.45, 2.75) is 39.5 Å². The van der Waals surface area contributed by atoms with E-state index in [0.717, 1.165) is 19.3 Å².